The van der Waals surface area contributed by atoms with Gasteiger partial charge in [-0.1, -0.05) is 92.0 Å². The molecule has 1 heteroatoms. The predicted molar refractivity (Wildman–Crippen MR) is 107 cm³/mol. The van der Waals surface area contributed by atoms with Crippen LogP contribution in [0.25, 0.3) is 0 Å². The zero-order valence-electron chi connectivity index (χ0n) is 17.2. The van der Waals surface area contributed by atoms with Gasteiger partial charge in [-0.15, -0.1) is 0 Å². The van der Waals surface area contributed by atoms with Crippen LogP contribution in [0.15, 0.2) is 24.3 Å². The fourth-order valence-electron chi connectivity index (χ4n) is 3.78. The third kappa shape index (κ3) is 7.38. The number of rotatable bonds is 10. The van der Waals surface area contributed by atoms with Crippen molar-refractivity contribution in [2.24, 2.45) is 5.41 Å². The van der Waals surface area contributed by atoms with Gasteiger partial charge in [-0.3, -0.25) is 0 Å². The highest BCUT2D eigenvalue weighted by Gasteiger charge is 2.27. The van der Waals surface area contributed by atoms with Crippen LogP contribution in [0.3, 0.4) is 0 Å². The van der Waals surface area contributed by atoms with E-state index in [9.17, 15) is 0 Å². The third-order valence-electron chi connectivity index (χ3n) is 4.72. The summed E-state index contributed by atoms with van der Waals surface area (Å²) in [7, 11) is 0. The van der Waals surface area contributed by atoms with Crippen molar-refractivity contribution in [3.63, 3.8) is 0 Å². The third-order valence-corrected chi connectivity index (χ3v) is 4.72. The fraction of sp³-hybridized carbons (Fsp3) is 0.739. The maximum atomic E-state index is 6.13. The zero-order valence-corrected chi connectivity index (χ0v) is 17.2. The maximum Gasteiger partial charge on any atom is 0.0822 e. The minimum absolute atomic E-state index is 0.208. The first kappa shape index (κ1) is 21.2. The van der Waals surface area contributed by atoms with Crippen LogP contribution in [0.5, 0.6) is 0 Å². The van der Waals surface area contributed by atoms with E-state index in [1.807, 2.05) is 0 Å². The normalized spacial score (nSPS) is 14.0. The first-order valence-electron chi connectivity index (χ1n) is 9.91. The Morgan fingerprint density at radius 2 is 1.50 bits per heavy atom. The molecule has 0 aromatic heterocycles. The van der Waals surface area contributed by atoms with Gasteiger partial charge in [0.05, 0.1) is 6.10 Å². The van der Waals surface area contributed by atoms with E-state index in [0.717, 1.165) is 13.0 Å². The Hall–Kier alpha value is -0.820. The second kappa shape index (κ2) is 9.61. The molecule has 0 amide bonds. The van der Waals surface area contributed by atoms with Crippen molar-refractivity contribution in [3.05, 3.63) is 35.4 Å². The van der Waals surface area contributed by atoms with Crippen LogP contribution in [0.2, 0.25) is 0 Å². The van der Waals surface area contributed by atoms with E-state index in [-0.39, 0.29) is 11.5 Å². The number of unbranched alkanes of at least 4 members (excludes halogenated alkanes) is 3. The number of benzene rings is 1. The smallest absolute Gasteiger partial charge is 0.0822 e. The molecule has 1 unspecified atom stereocenters. The van der Waals surface area contributed by atoms with Gasteiger partial charge in [0.1, 0.15) is 0 Å². The predicted octanol–water partition coefficient (Wildman–Crippen LogP) is 7.45. The average Bonchev–Trinajstić information content (AvgIpc) is 2.49. The molecule has 0 heterocycles. The molecule has 0 bridgehead atoms. The molecule has 1 rings (SSSR count). The Bertz CT molecular complexity index is 450. The van der Waals surface area contributed by atoms with Crippen molar-refractivity contribution in [2.75, 3.05) is 6.61 Å². The highest BCUT2D eigenvalue weighted by Crippen LogP contribution is 2.36. The Morgan fingerprint density at radius 3 is 2.00 bits per heavy atom. The van der Waals surface area contributed by atoms with Crippen LogP contribution < -0.4 is 0 Å². The minimum Gasteiger partial charge on any atom is -0.374 e. The first-order chi connectivity index (χ1) is 11.2. The molecule has 138 valence electrons. The van der Waals surface area contributed by atoms with E-state index in [0.29, 0.717) is 5.41 Å². The van der Waals surface area contributed by atoms with Crippen LogP contribution >= 0.6 is 0 Å². The molecule has 1 aromatic carbocycles. The summed E-state index contributed by atoms with van der Waals surface area (Å²) < 4.78 is 6.13. The monoisotopic (exact) mass is 332 g/mol. The molecule has 1 aromatic rings. The van der Waals surface area contributed by atoms with Crippen molar-refractivity contribution in [3.8, 4) is 0 Å². The van der Waals surface area contributed by atoms with E-state index in [2.05, 4.69) is 72.7 Å². The molecule has 1 nitrogen and oxygen atoms in total. The highest BCUT2D eigenvalue weighted by molar-refractivity contribution is 5.29. The molecule has 0 fully saturated rings. The van der Waals surface area contributed by atoms with Crippen molar-refractivity contribution in [1.29, 1.82) is 0 Å². The Balaban J connectivity index is 2.67. The molecule has 0 spiro atoms. The van der Waals surface area contributed by atoms with Crippen molar-refractivity contribution in [1.82, 2.24) is 0 Å². The molecular formula is C23H40O. The largest absolute Gasteiger partial charge is 0.374 e. The standard InChI is InChI=1S/C23H40O/c1-8-10-11-12-17-24-21(9-2)19-13-15-20(16-14-19)23(6,7)18-22(3,4)5/h13-16,21H,8-12,17-18H2,1-7H3. The molecule has 0 N–H and O–H groups in total. The lowest BCUT2D eigenvalue weighted by atomic mass is 9.72. The second-order valence-electron chi connectivity index (χ2n) is 9.07. The molecule has 0 aliphatic carbocycles. The maximum absolute atomic E-state index is 6.13. The lowest BCUT2D eigenvalue weighted by Gasteiger charge is -2.33. The summed E-state index contributed by atoms with van der Waals surface area (Å²) >= 11 is 0. The molecule has 1 atom stereocenters. The topological polar surface area (TPSA) is 9.23 Å². The summed E-state index contributed by atoms with van der Waals surface area (Å²) in [5, 5.41) is 0. The summed E-state index contributed by atoms with van der Waals surface area (Å²) in [5.74, 6) is 0. The Labute approximate surface area is 151 Å². The molecular weight excluding hydrogens is 292 g/mol. The molecule has 0 aliphatic rings. The SMILES string of the molecule is CCCCCCOC(CC)c1ccc(C(C)(C)CC(C)(C)C)cc1. The molecule has 0 aliphatic heterocycles. The zero-order chi connectivity index (χ0) is 18.2. The van der Waals surface area contributed by atoms with E-state index < -0.39 is 0 Å². The summed E-state index contributed by atoms with van der Waals surface area (Å²) in [6, 6.07) is 9.17. The Morgan fingerprint density at radius 1 is 0.875 bits per heavy atom. The quantitative estimate of drug-likeness (QED) is 0.404. The van der Waals surface area contributed by atoms with Crippen LogP contribution in [-0.4, -0.2) is 6.61 Å². The van der Waals surface area contributed by atoms with Gasteiger partial charge in [0.15, 0.2) is 0 Å². The molecule has 0 radical (unpaired) electrons. The molecule has 0 saturated heterocycles. The summed E-state index contributed by atoms with van der Waals surface area (Å²) in [6.07, 6.45) is 7.53. The van der Waals surface area contributed by atoms with Gasteiger partial charge >= 0.3 is 0 Å². The van der Waals surface area contributed by atoms with Gasteiger partial charge in [-0.25, -0.2) is 0 Å². The van der Waals surface area contributed by atoms with E-state index >= 15 is 0 Å². The van der Waals surface area contributed by atoms with Gasteiger partial charge in [0.25, 0.3) is 0 Å². The highest BCUT2D eigenvalue weighted by atomic mass is 16.5. The van der Waals surface area contributed by atoms with Gasteiger partial charge in [0, 0.05) is 6.61 Å². The summed E-state index contributed by atoms with van der Waals surface area (Å²) in [4.78, 5) is 0. The number of ether oxygens (including phenoxy) is 1. The van der Waals surface area contributed by atoms with Crippen LogP contribution in [0.4, 0.5) is 0 Å². The lowest BCUT2D eigenvalue weighted by Crippen LogP contribution is -2.24. The lowest BCUT2D eigenvalue weighted by molar-refractivity contribution is 0.0473. The van der Waals surface area contributed by atoms with Crippen LogP contribution in [0.1, 0.15) is 104 Å². The van der Waals surface area contributed by atoms with E-state index in [4.69, 9.17) is 4.74 Å². The van der Waals surface area contributed by atoms with Crippen LogP contribution in [0, 0.1) is 5.41 Å². The summed E-state index contributed by atoms with van der Waals surface area (Å²) in [6.45, 7) is 17.0. The van der Waals surface area contributed by atoms with Crippen molar-refractivity contribution in [2.45, 2.75) is 98.5 Å². The molecule has 24 heavy (non-hydrogen) atoms. The first-order valence-corrected chi connectivity index (χ1v) is 9.91. The summed E-state index contributed by atoms with van der Waals surface area (Å²) in [5.41, 5.74) is 3.30. The van der Waals surface area contributed by atoms with Gasteiger partial charge in [-0.2, -0.15) is 0 Å². The molecule has 0 saturated carbocycles. The van der Waals surface area contributed by atoms with Gasteiger partial charge in [-0.05, 0) is 41.2 Å². The van der Waals surface area contributed by atoms with Gasteiger partial charge in [0.2, 0.25) is 0 Å². The average molecular weight is 333 g/mol. The van der Waals surface area contributed by atoms with Crippen LogP contribution in [-0.2, 0) is 10.2 Å². The van der Waals surface area contributed by atoms with E-state index in [1.165, 1.54) is 43.2 Å². The fourth-order valence-corrected chi connectivity index (χ4v) is 3.78. The number of hydrogen-bond donors (Lipinski definition) is 0. The van der Waals surface area contributed by atoms with Crippen molar-refractivity contribution >= 4 is 0 Å². The van der Waals surface area contributed by atoms with E-state index in [1.54, 1.807) is 0 Å². The number of hydrogen-bond acceptors (Lipinski definition) is 1. The Kier molecular flexibility index (Phi) is 8.50. The van der Waals surface area contributed by atoms with Crippen molar-refractivity contribution < 1.29 is 4.74 Å². The van der Waals surface area contributed by atoms with Gasteiger partial charge < -0.3 is 4.74 Å². The minimum atomic E-state index is 0.208. The second-order valence-corrected chi connectivity index (χ2v) is 9.07.